The van der Waals surface area contributed by atoms with E-state index in [1.807, 2.05) is 17.9 Å². The Morgan fingerprint density at radius 3 is 2.74 bits per heavy atom. The van der Waals surface area contributed by atoms with Crippen molar-refractivity contribution in [1.82, 2.24) is 4.90 Å². The van der Waals surface area contributed by atoms with Gasteiger partial charge in [0, 0.05) is 23.7 Å². The van der Waals surface area contributed by atoms with E-state index in [0.29, 0.717) is 0 Å². The topological polar surface area (TPSA) is 46.3 Å². The maximum atomic E-state index is 12.5. The van der Waals surface area contributed by atoms with Gasteiger partial charge in [0.15, 0.2) is 0 Å². The highest BCUT2D eigenvalue weighted by Gasteiger charge is 2.24. The fourth-order valence-corrected chi connectivity index (χ4v) is 3.66. The zero-order valence-electron chi connectivity index (χ0n) is 12.1. The molecule has 1 saturated heterocycles. The van der Waals surface area contributed by atoms with Crippen LogP contribution in [0.25, 0.3) is 0 Å². The second-order valence-corrected chi connectivity index (χ2v) is 7.11. The number of thiophene rings is 1. The molecule has 0 bridgehead atoms. The fraction of sp³-hybridized carbons (Fsp3) is 0.667. The molecule has 1 amide bonds. The number of rotatable bonds is 2. The van der Waals surface area contributed by atoms with Crippen molar-refractivity contribution >= 4 is 22.9 Å². The summed E-state index contributed by atoms with van der Waals surface area (Å²) in [6, 6.07) is 1.83. The lowest BCUT2D eigenvalue weighted by Gasteiger charge is -2.21. The summed E-state index contributed by atoms with van der Waals surface area (Å²) < 4.78 is 0. The van der Waals surface area contributed by atoms with Crippen molar-refractivity contribution in [3.63, 3.8) is 0 Å². The molecule has 19 heavy (non-hydrogen) atoms. The van der Waals surface area contributed by atoms with Gasteiger partial charge in [-0.05, 0) is 44.1 Å². The van der Waals surface area contributed by atoms with E-state index in [1.54, 1.807) is 0 Å². The van der Waals surface area contributed by atoms with Crippen LogP contribution in [0.1, 0.15) is 47.7 Å². The molecule has 2 rings (SSSR count). The number of likely N-dealkylation sites (tertiary alicyclic amines) is 1. The van der Waals surface area contributed by atoms with Gasteiger partial charge in [-0.1, -0.05) is 13.8 Å². The molecule has 0 aliphatic carbocycles. The Hall–Kier alpha value is -1.03. The lowest BCUT2D eigenvalue weighted by molar-refractivity contribution is 0.0763. The first kappa shape index (κ1) is 14.4. The predicted molar refractivity (Wildman–Crippen MR) is 81.6 cm³/mol. The number of nitrogens with two attached hydrogens (primary N) is 1. The van der Waals surface area contributed by atoms with E-state index in [9.17, 15) is 4.79 Å². The molecular weight excluding hydrogens is 256 g/mol. The molecule has 1 aromatic rings. The van der Waals surface area contributed by atoms with Gasteiger partial charge in [0.1, 0.15) is 0 Å². The van der Waals surface area contributed by atoms with Gasteiger partial charge < -0.3 is 10.6 Å². The van der Waals surface area contributed by atoms with Gasteiger partial charge in [-0.3, -0.25) is 4.79 Å². The summed E-state index contributed by atoms with van der Waals surface area (Å²) >= 11 is 1.51. The van der Waals surface area contributed by atoms with Crippen LogP contribution in [0.3, 0.4) is 0 Å². The number of anilines is 1. The van der Waals surface area contributed by atoms with Gasteiger partial charge in [0.2, 0.25) is 0 Å². The van der Waals surface area contributed by atoms with Crippen molar-refractivity contribution in [2.45, 2.75) is 40.0 Å². The highest BCUT2D eigenvalue weighted by atomic mass is 32.1. The molecule has 1 aliphatic heterocycles. The minimum Gasteiger partial charge on any atom is -0.398 e. The predicted octanol–water partition coefficient (Wildman–Crippen LogP) is 3.54. The monoisotopic (exact) mass is 280 g/mol. The first-order valence-corrected chi connectivity index (χ1v) is 7.96. The van der Waals surface area contributed by atoms with Gasteiger partial charge in [-0.15, -0.1) is 11.3 Å². The quantitative estimate of drug-likeness (QED) is 0.900. The average molecular weight is 280 g/mol. The summed E-state index contributed by atoms with van der Waals surface area (Å²) in [6.07, 6.45) is 3.49. The van der Waals surface area contributed by atoms with Crippen LogP contribution in [0, 0.1) is 18.8 Å². The molecule has 3 nitrogen and oxygen atoms in total. The van der Waals surface area contributed by atoms with Crippen molar-refractivity contribution in [3.05, 3.63) is 15.8 Å². The molecule has 2 heterocycles. The highest BCUT2D eigenvalue weighted by Crippen LogP contribution is 2.28. The first-order valence-electron chi connectivity index (χ1n) is 7.14. The number of hydrogen-bond acceptors (Lipinski definition) is 3. The second kappa shape index (κ2) is 5.95. The second-order valence-electron chi connectivity index (χ2n) is 5.85. The minimum absolute atomic E-state index is 0.161. The number of aryl methyl sites for hydroxylation is 1. The Kier molecular flexibility index (Phi) is 4.50. The van der Waals surface area contributed by atoms with E-state index in [-0.39, 0.29) is 5.91 Å². The first-order chi connectivity index (χ1) is 8.99. The van der Waals surface area contributed by atoms with Crippen LogP contribution in [0.4, 0.5) is 5.69 Å². The van der Waals surface area contributed by atoms with E-state index in [0.717, 1.165) is 53.2 Å². The molecule has 0 aromatic carbocycles. The normalized spacial score (nSPS) is 20.6. The van der Waals surface area contributed by atoms with E-state index >= 15 is 0 Å². The van der Waals surface area contributed by atoms with E-state index < -0.39 is 0 Å². The number of amides is 1. The lowest BCUT2D eigenvalue weighted by Crippen LogP contribution is -2.31. The summed E-state index contributed by atoms with van der Waals surface area (Å²) in [5.41, 5.74) is 6.58. The molecule has 106 valence electrons. The van der Waals surface area contributed by atoms with Crippen LogP contribution in [-0.2, 0) is 0 Å². The van der Waals surface area contributed by atoms with E-state index in [2.05, 4.69) is 13.8 Å². The number of nitrogen functional groups attached to an aromatic ring is 1. The van der Waals surface area contributed by atoms with Crippen LogP contribution >= 0.6 is 11.3 Å². The van der Waals surface area contributed by atoms with Gasteiger partial charge >= 0.3 is 0 Å². The maximum Gasteiger partial charge on any atom is 0.264 e. The lowest BCUT2D eigenvalue weighted by atomic mass is 9.89. The Labute approximate surface area is 119 Å². The number of hydrogen-bond donors (Lipinski definition) is 1. The molecule has 4 heteroatoms. The minimum atomic E-state index is 0.161. The number of nitrogens with zero attached hydrogens (tertiary/aromatic N) is 1. The molecule has 1 atom stereocenters. The smallest absolute Gasteiger partial charge is 0.264 e. The van der Waals surface area contributed by atoms with Crippen molar-refractivity contribution in [1.29, 1.82) is 0 Å². The zero-order valence-corrected chi connectivity index (χ0v) is 12.9. The third-order valence-electron chi connectivity index (χ3n) is 4.17. The van der Waals surface area contributed by atoms with Crippen LogP contribution in [-0.4, -0.2) is 23.9 Å². The molecule has 0 spiro atoms. The molecule has 1 fully saturated rings. The Morgan fingerprint density at radius 1 is 1.42 bits per heavy atom. The van der Waals surface area contributed by atoms with Gasteiger partial charge in [-0.25, -0.2) is 0 Å². The Bertz CT molecular complexity index is 433. The van der Waals surface area contributed by atoms with Crippen molar-refractivity contribution in [2.24, 2.45) is 11.8 Å². The fourth-order valence-electron chi connectivity index (χ4n) is 2.75. The molecule has 1 aromatic heterocycles. The molecule has 0 radical (unpaired) electrons. The van der Waals surface area contributed by atoms with Crippen molar-refractivity contribution < 1.29 is 4.79 Å². The number of carbonyl (C=O) groups is 1. The summed E-state index contributed by atoms with van der Waals surface area (Å²) in [6.45, 7) is 8.31. The standard InChI is InChI=1S/C15H24N2OS/c1-10(2)12-5-4-7-17(8-6-12)15(18)14-9-13(16)11(3)19-14/h9-10,12H,4-8,16H2,1-3H3. The molecular formula is C15H24N2OS. The molecule has 1 unspecified atom stereocenters. The van der Waals surface area contributed by atoms with Crippen LogP contribution in [0.2, 0.25) is 0 Å². The number of carbonyl (C=O) groups excluding carboxylic acids is 1. The Morgan fingerprint density at radius 2 is 2.16 bits per heavy atom. The average Bonchev–Trinajstić information content (AvgIpc) is 2.59. The maximum absolute atomic E-state index is 12.5. The van der Waals surface area contributed by atoms with Gasteiger partial charge in [-0.2, -0.15) is 0 Å². The molecule has 2 N–H and O–H groups in total. The molecule has 0 saturated carbocycles. The Balaban J connectivity index is 2.04. The third kappa shape index (κ3) is 3.30. The van der Waals surface area contributed by atoms with Crippen molar-refractivity contribution in [3.8, 4) is 0 Å². The van der Waals surface area contributed by atoms with E-state index in [4.69, 9.17) is 5.73 Å². The summed E-state index contributed by atoms with van der Waals surface area (Å²) in [7, 11) is 0. The largest absolute Gasteiger partial charge is 0.398 e. The summed E-state index contributed by atoms with van der Waals surface area (Å²) in [4.78, 5) is 16.3. The summed E-state index contributed by atoms with van der Waals surface area (Å²) in [5, 5.41) is 0. The summed E-state index contributed by atoms with van der Waals surface area (Å²) in [5.74, 6) is 1.64. The SMILES string of the molecule is Cc1sc(C(=O)N2CCCC(C(C)C)CC2)cc1N. The van der Waals surface area contributed by atoms with Crippen LogP contribution in [0.15, 0.2) is 6.07 Å². The highest BCUT2D eigenvalue weighted by molar-refractivity contribution is 7.14. The van der Waals surface area contributed by atoms with Crippen molar-refractivity contribution in [2.75, 3.05) is 18.8 Å². The van der Waals surface area contributed by atoms with Crippen LogP contribution in [0.5, 0.6) is 0 Å². The zero-order chi connectivity index (χ0) is 14.0. The van der Waals surface area contributed by atoms with Gasteiger partial charge in [0.05, 0.1) is 4.88 Å². The van der Waals surface area contributed by atoms with Gasteiger partial charge in [0.25, 0.3) is 5.91 Å². The molecule has 1 aliphatic rings. The third-order valence-corrected chi connectivity index (χ3v) is 5.22. The van der Waals surface area contributed by atoms with Crippen LogP contribution < -0.4 is 5.73 Å². The van der Waals surface area contributed by atoms with E-state index in [1.165, 1.54) is 17.8 Å².